The number of anilines is 1. The summed E-state index contributed by atoms with van der Waals surface area (Å²) in [5.74, 6) is 2.16. The van der Waals surface area contributed by atoms with Gasteiger partial charge < -0.3 is 18.8 Å². The lowest BCUT2D eigenvalue weighted by molar-refractivity contribution is -0.143. The number of hydrogen-bond donors (Lipinski definition) is 0. The molecule has 1 heterocycles. The second-order valence-electron chi connectivity index (χ2n) is 8.85. The summed E-state index contributed by atoms with van der Waals surface area (Å²) in [6.07, 6.45) is 2.95. The standard InChI is InChI=1S/C28H32N2O5/c1-5-33-27(32)17-21-10-9-20-16-24(11-12-25(20)21)34-14-13-26-18(2)35-28(29-26)22-7-6-8-23(15-22)30(4)19(3)31/h6-8,11-12,15-16,21H,5,9-10,13-14,17H2,1-4H3/t21-/m0/s1. The van der Waals surface area contributed by atoms with Gasteiger partial charge in [0.05, 0.1) is 25.3 Å². The van der Waals surface area contributed by atoms with E-state index in [-0.39, 0.29) is 17.8 Å². The fourth-order valence-electron chi connectivity index (χ4n) is 4.48. The SMILES string of the molecule is CCOC(=O)C[C@@H]1CCc2cc(OCCc3nc(-c4cccc(N(C)C(C)=O)c4)oc3C)ccc21. The van der Waals surface area contributed by atoms with Gasteiger partial charge in [-0.25, -0.2) is 4.98 Å². The van der Waals surface area contributed by atoms with Crippen LogP contribution in [-0.2, 0) is 27.2 Å². The number of benzene rings is 2. The van der Waals surface area contributed by atoms with E-state index in [0.29, 0.717) is 31.9 Å². The number of esters is 1. The third kappa shape index (κ3) is 5.73. The van der Waals surface area contributed by atoms with Gasteiger partial charge in [0.15, 0.2) is 0 Å². The fraction of sp³-hybridized carbons (Fsp3) is 0.393. The molecule has 0 spiro atoms. The topological polar surface area (TPSA) is 81.9 Å². The number of carbonyl (C=O) groups is 2. The van der Waals surface area contributed by atoms with E-state index in [4.69, 9.17) is 13.9 Å². The van der Waals surface area contributed by atoms with Gasteiger partial charge in [0.1, 0.15) is 11.5 Å². The van der Waals surface area contributed by atoms with Crippen LogP contribution < -0.4 is 9.64 Å². The Bertz CT molecular complexity index is 1220. The van der Waals surface area contributed by atoms with E-state index in [0.717, 1.165) is 41.3 Å². The Morgan fingerprint density at radius 3 is 2.80 bits per heavy atom. The quantitative estimate of drug-likeness (QED) is 0.393. The number of hydrogen-bond acceptors (Lipinski definition) is 6. The number of carbonyl (C=O) groups excluding carboxylic acids is 2. The largest absolute Gasteiger partial charge is 0.493 e. The summed E-state index contributed by atoms with van der Waals surface area (Å²) in [7, 11) is 1.74. The van der Waals surface area contributed by atoms with Crippen molar-refractivity contribution in [2.45, 2.75) is 52.4 Å². The second-order valence-corrected chi connectivity index (χ2v) is 8.85. The van der Waals surface area contributed by atoms with Crippen molar-refractivity contribution in [2.75, 3.05) is 25.2 Å². The van der Waals surface area contributed by atoms with E-state index in [2.05, 4.69) is 17.1 Å². The van der Waals surface area contributed by atoms with E-state index in [1.807, 2.05) is 44.2 Å². The number of aryl methyl sites for hydroxylation is 2. The molecule has 0 N–H and O–H groups in total. The molecule has 0 fully saturated rings. The number of aromatic nitrogens is 1. The number of ether oxygens (including phenoxy) is 2. The molecular weight excluding hydrogens is 444 g/mol. The molecule has 1 atom stereocenters. The molecule has 1 aliphatic carbocycles. The zero-order valence-corrected chi connectivity index (χ0v) is 20.8. The highest BCUT2D eigenvalue weighted by atomic mass is 16.5. The lowest BCUT2D eigenvalue weighted by atomic mass is 9.98. The molecule has 1 amide bonds. The average Bonchev–Trinajstić information content (AvgIpc) is 3.41. The summed E-state index contributed by atoms with van der Waals surface area (Å²) in [6.45, 7) is 6.16. The lowest BCUT2D eigenvalue weighted by Gasteiger charge is -2.15. The molecule has 35 heavy (non-hydrogen) atoms. The Kier molecular flexibility index (Phi) is 7.54. The Labute approximate surface area is 206 Å². The van der Waals surface area contributed by atoms with Gasteiger partial charge in [0, 0.05) is 31.6 Å². The molecule has 2 aromatic carbocycles. The molecule has 1 aromatic heterocycles. The maximum atomic E-state index is 11.9. The normalized spacial score (nSPS) is 14.5. The zero-order chi connectivity index (χ0) is 24.9. The molecule has 0 radical (unpaired) electrons. The first-order chi connectivity index (χ1) is 16.9. The minimum atomic E-state index is -0.134. The molecule has 1 aliphatic rings. The summed E-state index contributed by atoms with van der Waals surface area (Å²) < 4.78 is 17.0. The molecule has 0 saturated carbocycles. The van der Waals surface area contributed by atoms with Crippen LogP contribution in [0.5, 0.6) is 5.75 Å². The summed E-state index contributed by atoms with van der Waals surface area (Å²) in [5, 5.41) is 0. The van der Waals surface area contributed by atoms with Gasteiger partial charge in [0.25, 0.3) is 0 Å². The fourth-order valence-corrected chi connectivity index (χ4v) is 4.48. The van der Waals surface area contributed by atoms with Crippen LogP contribution in [-0.4, -0.2) is 37.1 Å². The Morgan fingerprint density at radius 2 is 2.03 bits per heavy atom. The van der Waals surface area contributed by atoms with E-state index in [1.165, 1.54) is 18.1 Å². The third-order valence-electron chi connectivity index (χ3n) is 6.49. The van der Waals surface area contributed by atoms with Crippen LogP contribution >= 0.6 is 0 Å². The van der Waals surface area contributed by atoms with E-state index in [9.17, 15) is 9.59 Å². The first-order valence-electron chi connectivity index (χ1n) is 12.1. The molecule has 3 aromatic rings. The third-order valence-corrected chi connectivity index (χ3v) is 6.49. The van der Waals surface area contributed by atoms with Gasteiger partial charge in [-0.3, -0.25) is 9.59 Å². The van der Waals surface area contributed by atoms with Crippen LogP contribution in [0.15, 0.2) is 46.9 Å². The van der Waals surface area contributed by atoms with E-state index < -0.39 is 0 Å². The number of oxazole rings is 1. The van der Waals surface area contributed by atoms with Crippen molar-refractivity contribution >= 4 is 17.6 Å². The van der Waals surface area contributed by atoms with Gasteiger partial charge >= 0.3 is 5.97 Å². The Hall–Kier alpha value is -3.61. The van der Waals surface area contributed by atoms with Crippen molar-refractivity contribution in [1.29, 1.82) is 0 Å². The van der Waals surface area contributed by atoms with Crippen molar-refractivity contribution in [3.05, 3.63) is 65.0 Å². The molecule has 7 heteroatoms. The monoisotopic (exact) mass is 476 g/mol. The van der Waals surface area contributed by atoms with Crippen LogP contribution in [0.1, 0.15) is 55.2 Å². The highest BCUT2D eigenvalue weighted by Crippen LogP contribution is 2.37. The van der Waals surface area contributed by atoms with Gasteiger partial charge in [-0.05, 0) is 74.1 Å². The number of rotatable bonds is 9. The lowest BCUT2D eigenvalue weighted by Crippen LogP contribution is -2.22. The maximum absolute atomic E-state index is 11.9. The molecule has 0 bridgehead atoms. The summed E-state index contributed by atoms with van der Waals surface area (Å²) in [6, 6.07) is 13.7. The molecule has 0 saturated heterocycles. The number of fused-ring (bicyclic) bond motifs is 1. The number of amides is 1. The smallest absolute Gasteiger partial charge is 0.306 e. The van der Waals surface area contributed by atoms with Gasteiger partial charge in [-0.1, -0.05) is 12.1 Å². The second kappa shape index (κ2) is 10.8. The van der Waals surface area contributed by atoms with Gasteiger partial charge in [0.2, 0.25) is 11.8 Å². The highest BCUT2D eigenvalue weighted by Gasteiger charge is 2.25. The molecule has 0 unspecified atom stereocenters. The maximum Gasteiger partial charge on any atom is 0.306 e. The van der Waals surface area contributed by atoms with E-state index in [1.54, 1.807) is 11.9 Å². The first kappa shape index (κ1) is 24.5. The minimum absolute atomic E-state index is 0.0374. The molecule has 184 valence electrons. The van der Waals surface area contributed by atoms with Crippen molar-refractivity contribution < 1.29 is 23.5 Å². The average molecular weight is 477 g/mol. The van der Waals surface area contributed by atoms with Gasteiger partial charge in [-0.15, -0.1) is 0 Å². The minimum Gasteiger partial charge on any atom is -0.493 e. The Balaban J connectivity index is 1.37. The predicted molar refractivity (Wildman–Crippen MR) is 134 cm³/mol. The van der Waals surface area contributed by atoms with Crippen molar-refractivity contribution in [1.82, 2.24) is 4.98 Å². The molecule has 4 rings (SSSR count). The van der Waals surface area contributed by atoms with Crippen LogP contribution in [0.2, 0.25) is 0 Å². The van der Waals surface area contributed by atoms with Crippen LogP contribution in [0.4, 0.5) is 5.69 Å². The van der Waals surface area contributed by atoms with Crippen molar-refractivity contribution in [3.63, 3.8) is 0 Å². The summed E-state index contributed by atoms with van der Waals surface area (Å²) in [5.41, 5.74) is 4.92. The van der Waals surface area contributed by atoms with Gasteiger partial charge in [-0.2, -0.15) is 0 Å². The molecular formula is C28H32N2O5. The highest BCUT2D eigenvalue weighted by molar-refractivity contribution is 5.91. The zero-order valence-electron chi connectivity index (χ0n) is 20.8. The van der Waals surface area contributed by atoms with Crippen LogP contribution in [0, 0.1) is 6.92 Å². The number of nitrogens with zero attached hydrogens (tertiary/aromatic N) is 2. The summed E-state index contributed by atoms with van der Waals surface area (Å²) >= 11 is 0. The van der Waals surface area contributed by atoms with Crippen molar-refractivity contribution in [3.8, 4) is 17.2 Å². The van der Waals surface area contributed by atoms with Crippen LogP contribution in [0.3, 0.4) is 0 Å². The molecule has 0 aliphatic heterocycles. The first-order valence-corrected chi connectivity index (χ1v) is 12.1. The molecule has 7 nitrogen and oxygen atoms in total. The summed E-state index contributed by atoms with van der Waals surface area (Å²) in [4.78, 5) is 29.8. The van der Waals surface area contributed by atoms with Crippen LogP contribution in [0.25, 0.3) is 11.5 Å². The van der Waals surface area contributed by atoms with E-state index >= 15 is 0 Å². The van der Waals surface area contributed by atoms with Crippen molar-refractivity contribution in [2.24, 2.45) is 0 Å². The predicted octanol–water partition coefficient (Wildman–Crippen LogP) is 5.24. The Morgan fingerprint density at radius 1 is 1.20 bits per heavy atom.